The third-order valence-electron chi connectivity index (χ3n) is 1.60. The number of hydrogen-bond acceptors (Lipinski definition) is 1. The minimum absolute atomic E-state index is 0.281. The van der Waals surface area contributed by atoms with Crippen LogP contribution in [0.5, 0.6) is 0 Å². The van der Waals surface area contributed by atoms with Crippen molar-refractivity contribution in [2.24, 2.45) is 0 Å². The fraction of sp³-hybridized carbons (Fsp3) is 0.182. The molecule has 0 aliphatic carbocycles. The average molecular weight is 252 g/mol. The Bertz CT molecular complexity index is 423. The van der Waals surface area contributed by atoms with E-state index in [-0.39, 0.29) is 12.2 Å². The number of benzene rings is 1. The zero-order chi connectivity index (χ0) is 10.4. The van der Waals surface area contributed by atoms with E-state index in [1.54, 1.807) is 12.1 Å². The van der Waals surface area contributed by atoms with Crippen molar-refractivity contribution in [3.8, 4) is 17.9 Å². The summed E-state index contributed by atoms with van der Waals surface area (Å²) in [7, 11) is 0. The molecule has 1 nitrogen and oxygen atoms in total. The number of nitriles is 1. The monoisotopic (exact) mass is 251 g/mol. The number of halogens is 2. The molecule has 0 atom stereocenters. The number of rotatable bonds is 1. The first-order chi connectivity index (χ1) is 6.77. The van der Waals surface area contributed by atoms with Crippen molar-refractivity contribution < 1.29 is 4.39 Å². The van der Waals surface area contributed by atoms with Crippen molar-refractivity contribution in [1.82, 2.24) is 0 Å². The van der Waals surface area contributed by atoms with E-state index in [1.807, 2.05) is 6.07 Å². The van der Waals surface area contributed by atoms with Gasteiger partial charge in [-0.05, 0) is 17.7 Å². The minimum Gasteiger partial charge on any atom is -0.206 e. The summed E-state index contributed by atoms with van der Waals surface area (Å²) in [4.78, 5) is 0. The number of nitrogens with zero attached hydrogens (tertiary/aromatic N) is 1. The molecule has 0 spiro atoms. The summed E-state index contributed by atoms with van der Waals surface area (Å²) in [6.07, 6.45) is 0.281. The van der Waals surface area contributed by atoms with Crippen LogP contribution in [0.4, 0.5) is 4.39 Å². The van der Waals surface area contributed by atoms with E-state index >= 15 is 0 Å². The molecule has 0 amide bonds. The molecule has 1 aromatic carbocycles. The van der Waals surface area contributed by atoms with E-state index in [9.17, 15) is 4.39 Å². The van der Waals surface area contributed by atoms with Crippen molar-refractivity contribution in [2.75, 3.05) is 5.33 Å². The van der Waals surface area contributed by atoms with E-state index in [2.05, 4.69) is 27.8 Å². The highest BCUT2D eigenvalue weighted by atomic mass is 79.9. The molecule has 0 bridgehead atoms. The zero-order valence-corrected chi connectivity index (χ0v) is 8.94. The van der Waals surface area contributed by atoms with Crippen molar-refractivity contribution in [3.05, 3.63) is 35.1 Å². The lowest BCUT2D eigenvalue weighted by atomic mass is 10.1. The predicted octanol–water partition coefficient (Wildman–Crippen LogP) is 2.64. The second-order valence-electron chi connectivity index (χ2n) is 2.58. The first-order valence-electron chi connectivity index (χ1n) is 3.98. The van der Waals surface area contributed by atoms with Crippen LogP contribution in [-0.2, 0) is 6.42 Å². The molecular formula is C11H7BrFN. The van der Waals surface area contributed by atoms with E-state index < -0.39 is 0 Å². The standard InChI is InChI=1S/C11H7BrFN/c12-6-1-2-10-8-9(5-7-14)3-4-11(10)13/h3-4,8H,5-6H2. The lowest BCUT2D eigenvalue weighted by Crippen LogP contribution is -1.88. The third-order valence-corrected chi connectivity index (χ3v) is 1.88. The molecule has 1 rings (SSSR count). The molecule has 70 valence electrons. The van der Waals surface area contributed by atoms with Gasteiger partial charge in [0.15, 0.2) is 0 Å². The molecule has 0 aliphatic heterocycles. The first-order valence-corrected chi connectivity index (χ1v) is 5.10. The van der Waals surface area contributed by atoms with Crippen molar-refractivity contribution in [3.63, 3.8) is 0 Å². The van der Waals surface area contributed by atoms with Gasteiger partial charge in [0.25, 0.3) is 0 Å². The number of alkyl halides is 1. The summed E-state index contributed by atoms with van der Waals surface area (Å²) in [5.41, 5.74) is 1.13. The van der Waals surface area contributed by atoms with Crippen LogP contribution < -0.4 is 0 Å². The molecular weight excluding hydrogens is 245 g/mol. The third kappa shape index (κ3) is 2.87. The molecule has 14 heavy (non-hydrogen) atoms. The van der Waals surface area contributed by atoms with Gasteiger partial charge < -0.3 is 0 Å². The van der Waals surface area contributed by atoms with Gasteiger partial charge in [0.2, 0.25) is 0 Å². The predicted molar refractivity (Wildman–Crippen MR) is 56.4 cm³/mol. The number of hydrogen-bond donors (Lipinski definition) is 0. The molecule has 0 aliphatic rings. The van der Waals surface area contributed by atoms with E-state index in [4.69, 9.17) is 5.26 Å². The van der Waals surface area contributed by atoms with E-state index in [1.165, 1.54) is 6.07 Å². The van der Waals surface area contributed by atoms with Crippen LogP contribution in [0.15, 0.2) is 18.2 Å². The van der Waals surface area contributed by atoms with Crippen LogP contribution in [0.1, 0.15) is 11.1 Å². The highest BCUT2D eigenvalue weighted by Crippen LogP contribution is 2.09. The van der Waals surface area contributed by atoms with Gasteiger partial charge in [0, 0.05) is 0 Å². The average Bonchev–Trinajstić information content (AvgIpc) is 2.19. The molecule has 0 saturated carbocycles. The van der Waals surface area contributed by atoms with Crippen LogP contribution in [0.25, 0.3) is 0 Å². The lowest BCUT2D eigenvalue weighted by molar-refractivity contribution is 0.623. The maximum atomic E-state index is 13.1. The largest absolute Gasteiger partial charge is 0.206 e. The molecule has 1 aromatic rings. The van der Waals surface area contributed by atoms with Crippen LogP contribution in [0.2, 0.25) is 0 Å². The van der Waals surface area contributed by atoms with Crippen LogP contribution >= 0.6 is 15.9 Å². The van der Waals surface area contributed by atoms with Gasteiger partial charge in [-0.25, -0.2) is 4.39 Å². The Kier molecular flexibility index (Phi) is 4.16. The molecule has 0 saturated heterocycles. The Morgan fingerprint density at radius 3 is 2.86 bits per heavy atom. The Labute approximate surface area is 90.7 Å². The van der Waals surface area contributed by atoms with E-state index in [0.29, 0.717) is 10.9 Å². The van der Waals surface area contributed by atoms with Gasteiger partial charge in [-0.3, -0.25) is 0 Å². The lowest BCUT2D eigenvalue weighted by Gasteiger charge is -1.97. The van der Waals surface area contributed by atoms with Gasteiger partial charge in [0.1, 0.15) is 5.82 Å². The highest BCUT2D eigenvalue weighted by Gasteiger charge is 2.00. The van der Waals surface area contributed by atoms with Crippen molar-refractivity contribution >= 4 is 15.9 Å². The molecule has 0 fully saturated rings. The Morgan fingerprint density at radius 1 is 1.43 bits per heavy atom. The topological polar surface area (TPSA) is 23.8 Å². The summed E-state index contributed by atoms with van der Waals surface area (Å²) >= 11 is 3.13. The Hall–Kier alpha value is -1.32. The van der Waals surface area contributed by atoms with E-state index in [0.717, 1.165) is 5.56 Å². The van der Waals surface area contributed by atoms with Crippen LogP contribution in [0.3, 0.4) is 0 Å². The second kappa shape index (κ2) is 5.42. The summed E-state index contributed by atoms with van der Waals surface area (Å²) in [5.74, 6) is 5.05. The second-order valence-corrected chi connectivity index (χ2v) is 3.15. The summed E-state index contributed by atoms with van der Waals surface area (Å²) in [6.45, 7) is 0. The first kappa shape index (κ1) is 10.8. The fourth-order valence-electron chi connectivity index (χ4n) is 0.998. The fourth-order valence-corrected chi connectivity index (χ4v) is 1.14. The minimum atomic E-state index is -0.347. The maximum absolute atomic E-state index is 13.1. The van der Waals surface area contributed by atoms with Crippen LogP contribution in [-0.4, -0.2) is 5.33 Å². The van der Waals surface area contributed by atoms with Crippen LogP contribution in [0, 0.1) is 29.0 Å². The molecule has 0 unspecified atom stereocenters. The molecule has 0 radical (unpaired) electrons. The van der Waals surface area contributed by atoms with Gasteiger partial charge >= 0.3 is 0 Å². The van der Waals surface area contributed by atoms with Gasteiger partial charge in [0.05, 0.1) is 23.4 Å². The molecule has 0 heterocycles. The summed E-state index contributed by atoms with van der Waals surface area (Å²) in [6, 6.07) is 6.55. The SMILES string of the molecule is N#CCc1ccc(F)c(C#CCBr)c1. The molecule has 3 heteroatoms. The molecule has 0 N–H and O–H groups in total. The normalized spacial score (nSPS) is 8.64. The summed E-state index contributed by atoms with van der Waals surface area (Å²) in [5, 5.41) is 8.98. The zero-order valence-electron chi connectivity index (χ0n) is 7.35. The molecule has 0 aromatic heterocycles. The Morgan fingerprint density at radius 2 is 2.21 bits per heavy atom. The highest BCUT2D eigenvalue weighted by molar-refractivity contribution is 9.09. The Balaban J connectivity index is 3.03. The van der Waals surface area contributed by atoms with Gasteiger partial charge in [-0.1, -0.05) is 33.8 Å². The van der Waals surface area contributed by atoms with Gasteiger partial charge in [-0.2, -0.15) is 5.26 Å². The summed E-state index contributed by atoms with van der Waals surface area (Å²) < 4.78 is 13.1. The van der Waals surface area contributed by atoms with Crippen molar-refractivity contribution in [1.29, 1.82) is 5.26 Å². The smallest absolute Gasteiger partial charge is 0.138 e. The quantitative estimate of drug-likeness (QED) is 0.556. The maximum Gasteiger partial charge on any atom is 0.138 e. The van der Waals surface area contributed by atoms with Gasteiger partial charge in [-0.15, -0.1) is 0 Å². The van der Waals surface area contributed by atoms with Crippen molar-refractivity contribution in [2.45, 2.75) is 6.42 Å².